The summed E-state index contributed by atoms with van der Waals surface area (Å²) in [7, 11) is 1.61. The van der Waals surface area contributed by atoms with Gasteiger partial charge in [-0.25, -0.2) is 0 Å². The first-order chi connectivity index (χ1) is 15.4. The number of hydrogen-bond donors (Lipinski definition) is 3. The van der Waals surface area contributed by atoms with Gasteiger partial charge in [-0.1, -0.05) is 6.92 Å². The zero-order valence-corrected chi connectivity index (χ0v) is 19.6. The fourth-order valence-electron chi connectivity index (χ4n) is 3.77. The fraction of sp³-hybridized carbons (Fsp3) is 0.364. The zero-order chi connectivity index (χ0) is 22.7. The van der Waals surface area contributed by atoms with Gasteiger partial charge in [-0.3, -0.25) is 30.1 Å². The summed E-state index contributed by atoms with van der Waals surface area (Å²) in [5, 5.41) is 7.05. The molecule has 0 radical (unpaired) electrons. The second kappa shape index (κ2) is 9.66. The molecule has 1 aliphatic rings. The molecule has 3 aromatic rings. The van der Waals surface area contributed by atoms with E-state index >= 15 is 0 Å². The van der Waals surface area contributed by atoms with E-state index in [4.69, 9.17) is 17.0 Å². The summed E-state index contributed by atoms with van der Waals surface area (Å²) in [5.41, 5.74) is 7.13. The van der Waals surface area contributed by atoms with E-state index in [2.05, 4.69) is 28.0 Å². The predicted molar refractivity (Wildman–Crippen MR) is 125 cm³/mol. The number of nitrogens with one attached hydrogen (secondary N) is 3. The summed E-state index contributed by atoms with van der Waals surface area (Å²) in [4.78, 5) is 26.7. The van der Waals surface area contributed by atoms with Crippen LogP contribution in [0.4, 0.5) is 0 Å². The third-order valence-corrected chi connectivity index (χ3v) is 7.08. The average molecular weight is 472 g/mol. The molecule has 2 heterocycles. The Kier molecular flexibility index (Phi) is 6.71. The second-order valence-corrected chi connectivity index (χ2v) is 9.42. The van der Waals surface area contributed by atoms with Gasteiger partial charge < -0.3 is 4.74 Å². The van der Waals surface area contributed by atoms with Gasteiger partial charge in [0.15, 0.2) is 10.6 Å². The van der Waals surface area contributed by atoms with Gasteiger partial charge in [0.1, 0.15) is 5.75 Å². The lowest BCUT2D eigenvalue weighted by Crippen LogP contribution is -2.41. The molecular formula is C22H25N5O3S2. The van der Waals surface area contributed by atoms with Crippen molar-refractivity contribution in [2.75, 3.05) is 7.11 Å². The van der Waals surface area contributed by atoms with Gasteiger partial charge in [0.25, 0.3) is 5.91 Å². The van der Waals surface area contributed by atoms with E-state index in [0.717, 1.165) is 30.6 Å². The van der Waals surface area contributed by atoms with Crippen LogP contribution in [0.15, 0.2) is 30.3 Å². The minimum atomic E-state index is -0.308. The Morgan fingerprint density at radius 3 is 2.84 bits per heavy atom. The third kappa shape index (κ3) is 4.91. The summed E-state index contributed by atoms with van der Waals surface area (Å²) in [6.07, 6.45) is 3.31. The van der Waals surface area contributed by atoms with Gasteiger partial charge in [0.2, 0.25) is 5.91 Å². The van der Waals surface area contributed by atoms with Gasteiger partial charge in [-0.15, -0.1) is 11.3 Å². The van der Waals surface area contributed by atoms with E-state index < -0.39 is 0 Å². The summed E-state index contributed by atoms with van der Waals surface area (Å²) in [5.74, 6) is 1.42. The van der Waals surface area contributed by atoms with Crippen molar-refractivity contribution in [2.24, 2.45) is 5.92 Å². The topological polar surface area (TPSA) is 101 Å². The second-order valence-electron chi connectivity index (χ2n) is 7.89. The fourth-order valence-corrected chi connectivity index (χ4v) is 5.09. The number of hydrazine groups is 1. The Balaban J connectivity index is 1.33. The Hall–Kier alpha value is -2.98. The number of methoxy groups -OCH3 is 1. The Morgan fingerprint density at radius 1 is 1.31 bits per heavy atom. The van der Waals surface area contributed by atoms with E-state index in [1.165, 1.54) is 21.8 Å². The Bertz CT molecular complexity index is 1180. The normalized spacial score (nSPS) is 15.1. The Labute approximate surface area is 195 Å². The van der Waals surface area contributed by atoms with Crippen LogP contribution in [-0.4, -0.2) is 33.7 Å². The van der Waals surface area contributed by atoms with Crippen LogP contribution >= 0.6 is 23.6 Å². The van der Waals surface area contributed by atoms with Gasteiger partial charge in [0.05, 0.1) is 12.0 Å². The van der Waals surface area contributed by atoms with Crippen molar-refractivity contribution in [3.63, 3.8) is 0 Å². The molecule has 4 rings (SSSR count). The van der Waals surface area contributed by atoms with Crippen molar-refractivity contribution in [3.05, 3.63) is 50.4 Å². The first-order valence-corrected chi connectivity index (χ1v) is 11.7. The van der Waals surface area contributed by atoms with Gasteiger partial charge in [0, 0.05) is 23.4 Å². The van der Waals surface area contributed by atoms with Crippen molar-refractivity contribution >= 4 is 35.4 Å². The van der Waals surface area contributed by atoms with Crippen LogP contribution in [-0.2, 0) is 24.2 Å². The van der Waals surface area contributed by atoms with Gasteiger partial charge >= 0.3 is 0 Å². The molecule has 10 heteroatoms. The van der Waals surface area contributed by atoms with Crippen molar-refractivity contribution < 1.29 is 14.3 Å². The molecule has 0 fully saturated rings. The highest BCUT2D eigenvalue weighted by Crippen LogP contribution is 2.32. The van der Waals surface area contributed by atoms with Crippen molar-refractivity contribution in [1.29, 1.82) is 0 Å². The molecule has 3 N–H and O–H groups in total. The molecule has 1 aromatic carbocycles. The Morgan fingerprint density at radius 2 is 2.09 bits per heavy atom. The van der Waals surface area contributed by atoms with Crippen molar-refractivity contribution in [3.8, 4) is 17.1 Å². The number of nitrogens with zero attached hydrogens (tertiary/aromatic N) is 2. The van der Waals surface area contributed by atoms with Crippen molar-refractivity contribution in [2.45, 2.75) is 39.2 Å². The first kappa shape index (κ1) is 22.2. The molecule has 0 saturated heterocycles. The maximum absolute atomic E-state index is 12.5. The lowest BCUT2D eigenvalue weighted by molar-refractivity contribution is -0.122. The van der Waals surface area contributed by atoms with Crippen molar-refractivity contribution in [1.82, 2.24) is 25.6 Å². The molecule has 2 aromatic heterocycles. The lowest BCUT2D eigenvalue weighted by Gasteiger charge is -2.16. The average Bonchev–Trinajstić information content (AvgIpc) is 3.39. The quantitative estimate of drug-likeness (QED) is 0.376. The number of aryl methyl sites for hydroxylation is 1. The third-order valence-electron chi connectivity index (χ3n) is 5.54. The number of ether oxygens (including phenoxy) is 1. The molecule has 1 atom stereocenters. The highest BCUT2D eigenvalue weighted by Gasteiger charge is 2.21. The van der Waals surface area contributed by atoms with E-state index in [9.17, 15) is 9.59 Å². The zero-order valence-electron chi connectivity index (χ0n) is 17.9. The molecule has 0 spiro atoms. The van der Waals surface area contributed by atoms with E-state index in [1.54, 1.807) is 11.7 Å². The number of thiophene rings is 1. The number of aromatic nitrogens is 3. The molecule has 0 aliphatic heterocycles. The number of H-pyrrole nitrogens is 1. The first-order valence-electron chi connectivity index (χ1n) is 10.4. The largest absolute Gasteiger partial charge is 0.497 e. The molecule has 1 aliphatic carbocycles. The molecular weight excluding hydrogens is 446 g/mol. The minimum Gasteiger partial charge on any atom is -0.497 e. The summed E-state index contributed by atoms with van der Waals surface area (Å²) >= 11 is 6.82. The number of fused-ring (bicyclic) bond motifs is 1. The number of aromatic amines is 1. The summed E-state index contributed by atoms with van der Waals surface area (Å²) < 4.78 is 7.36. The van der Waals surface area contributed by atoms with Gasteiger partial charge in [-0.05, 0) is 73.3 Å². The maximum Gasteiger partial charge on any atom is 0.279 e. The highest BCUT2D eigenvalue weighted by atomic mass is 32.1. The number of amides is 2. The number of carbonyl (C=O) groups excluding carboxylic acids is 2. The van der Waals surface area contributed by atoms with Crippen LogP contribution in [0.2, 0.25) is 0 Å². The van der Waals surface area contributed by atoms with Crippen LogP contribution in [0.1, 0.15) is 39.9 Å². The maximum atomic E-state index is 12.5. The highest BCUT2D eigenvalue weighted by molar-refractivity contribution is 7.71. The number of hydrogen-bond acceptors (Lipinski definition) is 6. The van der Waals surface area contributed by atoms with Gasteiger partial charge in [-0.2, -0.15) is 5.10 Å². The van der Waals surface area contributed by atoms with E-state index in [0.29, 0.717) is 27.9 Å². The molecule has 168 valence electrons. The molecule has 0 saturated carbocycles. The van der Waals surface area contributed by atoms with Crippen LogP contribution < -0.4 is 15.6 Å². The number of rotatable bonds is 6. The minimum absolute atomic E-state index is 0.135. The molecule has 8 nitrogen and oxygen atoms in total. The number of benzene rings is 1. The SMILES string of the molecule is COc1ccc(-c2n[nH]c(=S)n2CCC(=O)NNC(=O)c2cc3c(s2)CCC(C)C3)cc1. The molecule has 32 heavy (non-hydrogen) atoms. The van der Waals surface area contributed by atoms with Crippen LogP contribution in [0.5, 0.6) is 5.75 Å². The monoisotopic (exact) mass is 471 g/mol. The predicted octanol–water partition coefficient (Wildman–Crippen LogP) is 3.65. The summed E-state index contributed by atoms with van der Waals surface area (Å²) in [6.45, 7) is 2.55. The smallest absolute Gasteiger partial charge is 0.279 e. The lowest BCUT2D eigenvalue weighted by atomic mass is 9.90. The number of carbonyl (C=O) groups is 2. The van der Waals surface area contributed by atoms with Crippen LogP contribution in [0.3, 0.4) is 0 Å². The van der Waals surface area contributed by atoms with E-state index in [1.807, 2.05) is 30.3 Å². The molecule has 0 bridgehead atoms. The molecule has 2 amide bonds. The van der Waals surface area contributed by atoms with Crippen LogP contribution in [0.25, 0.3) is 11.4 Å². The van der Waals surface area contributed by atoms with E-state index in [-0.39, 0.29) is 18.2 Å². The molecule has 1 unspecified atom stereocenters. The van der Waals surface area contributed by atoms with Crippen LogP contribution in [0, 0.1) is 10.7 Å². The standard InChI is InChI=1S/C22H25N5O3S2/c1-13-3-8-17-15(11-13)12-18(32-17)21(29)25-23-19(28)9-10-27-20(24-26-22(27)31)14-4-6-16(30-2)7-5-14/h4-7,12-13H,3,8-11H2,1-2H3,(H,23,28)(H,25,29)(H,26,31). The summed E-state index contributed by atoms with van der Waals surface area (Å²) in [6, 6.07) is 9.37.